The highest BCUT2D eigenvalue weighted by molar-refractivity contribution is 7.98. The Labute approximate surface area is 160 Å². The minimum Gasteiger partial charge on any atom is -0.495 e. The molecule has 1 aromatic heterocycles. The maximum absolute atomic E-state index is 12.9. The lowest BCUT2D eigenvalue weighted by Crippen LogP contribution is -2.15. The summed E-state index contributed by atoms with van der Waals surface area (Å²) < 4.78 is 7.07. The number of fused-ring (bicyclic) bond motifs is 3. The van der Waals surface area contributed by atoms with Crippen LogP contribution in [0, 0.1) is 0 Å². The Morgan fingerprint density at radius 1 is 1.31 bits per heavy atom. The number of amides is 1. The molecule has 0 saturated carbocycles. The molecule has 2 heterocycles. The van der Waals surface area contributed by atoms with Crippen LogP contribution >= 0.6 is 23.4 Å². The first-order valence-electron chi connectivity index (χ1n) is 8.01. The minimum absolute atomic E-state index is 0.276. The van der Waals surface area contributed by atoms with Crippen LogP contribution in [0.5, 0.6) is 5.75 Å². The van der Waals surface area contributed by atoms with E-state index in [1.54, 1.807) is 41.8 Å². The van der Waals surface area contributed by atoms with Gasteiger partial charge in [0.2, 0.25) is 0 Å². The van der Waals surface area contributed by atoms with Gasteiger partial charge in [0.15, 0.2) is 5.69 Å². The van der Waals surface area contributed by atoms with Gasteiger partial charge >= 0.3 is 0 Å². The summed E-state index contributed by atoms with van der Waals surface area (Å²) in [5.74, 6) is 0.977. The zero-order valence-electron chi connectivity index (χ0n) is 14.2. The fourth-order valence-electron chi connectivity index (χ4n) is 3.12. The van der Waals surface area contributed by atoms with E-state index in [0.717, 1.165) is 16.8 Å². The summed E-state index contributed by atoms with van der Waals surface area (Å²) in [6.07, 6.45) is 0. The first-order valence-corrected chi connectivity index (χ1v) is 9.38. The Morgan fingerprint density at radius 3 is 2.92 bits per heavy atom. The van der Waals surface area contributed by atoms with Crippen molar-refractivity contribution in [3.05, 3.63) is 58.7 Å². The largest absolute Gasteiger partial charge is 0.495 e. The molecular weight excluding hydrogens is 370 g/mol. The Balaban J connectivity index is 1.73. The lowest BCUT2D eigenvalue weighted by atomic mass is 10.1. The van der Waals surface area contributed by atoms with Gasteiger partial charge in [-0.15, -0.1) is 11.8 Å². The van der Waals surface area contributed by atoms with Crippen LogP contribution in [0.1, 0.15) is 16.1 Å². The maximum Gasteiger partial charge on any atom is 0.276 e. The summed E-state index contributed by atoms with van der Waals surface area (Å²) in [5.41, 5.74) is 3.98. The lowest BCUT2D eigenvalue weighted by molar-refractivity contribution is 0.102. The van der Waals surface area contributed by atoms with Crippen molar-refractivity contribution in [3.8, 4) is 17.0 Å². The molecule has 0 atom stereocenters. The van der Waals surface area contributed by atoms with Crippen LogP contribution in [0.25, 0.3) is 11.3 Å². The van der Waals surface area contributed by atoms with Crippen LogP contribution in [0.4, 0.5) is 5.69 Å². The summed E-state index contributed by atoms with van der Waals surface area (Å²) >= 11 is 7.76. The topological polar surface area (TPSA) is 56.1 Å². The fraction of sp³-hybridized carbons (Fsp3) is 0.158. The van der Waals surface area contributed by atoms with Crippen molar-refractivity contribution in [2.45, 2.75) is 10.6 Å². The number of halogens is 1. The number of aryl methyl sites for hydroxylation is 1. The van der Waals surface area contributed by atoms with E-state index < -0.39 is 0 Å². The van der Waals surface area contributed by atoms with Crippen LogP contribution in [0.3, 0.4) is 0 Å². The zero-order chi connectivity index (χ0) is 18.3. The molecule has 132 valence electrons. The van der Waals surface area contributed by atoms with Gasteiger partial charge in [0.1, 0.15) is 5.75 Å². The van der Waals surface area contributed by atoms with E-state index >= 15 is 0 Å². The van der Waals surface area contributed by atoms with Crippen LogP contribution in [-0.2, 0) is 12.8 Å². The third kappa shape index (κ3) is 2.85. The van der Waals surface area contributed by atoms with E-state index in [-0.39, 0.29) is 5.91 Å². The van der Waals surface area contributed by atoms with Crippen molar-refractivity contribution in [3.63, 3.8) is 0 Å². The van der Waals surface area contributed by atoms with Crippen molar-refractivity contribution in [1.29, 1.82) is 0 Å². The third-order valence-electron chi connectivity index (χ3n) is 4.28. The van der Waals surface area contributed by atoms with Crippen LogP contribution in [0.2, 0.25) is 5.02 Å². The van der Waals surface area contributed by atoms with Gasteiger partial charge in [0, 0.05) is 33.8 Å². The van der Waals surface area contributed by atoms with Gasteiger partial charge in [-0.25, -0.2) is 0 Å². The smallest absolute Gasteiger partial charge is 0.276 e. The number of nitrogens with one attached hydrogen (secondary N) is 1. The van der Waals surface area contributed by atoms with Gasteiger partial charge in [-0.2, -0.15) is 5.10 Å². The predicted octanol–water partition coefficient (Wildman–Crippen LogP) is 4.61. The minimum atomic E-state index is -0.276. The molecule has 0 spiro atoms. The van der Waals surface area contributed by atoms with Crippen molar-refractivity contribution >= 4 is 35.0 Å². The van der Waals surface area contributed by atoms with E-state index in [1.807, 2.05) is 19.2 Å². The maximum atomic E-state index is 12.9. The SMILES string of the molecule is COc1ccc(Cl)cc1NC(=O)c1nn(C)c2c1CSc1ccccc1-2. The molecule has 0 saturated heterocycles. The van der Waals surface area contributed by atoms with E-state index in [4.69, 9.17) is 16.3 Å². The second-order valence-corrected chi connectivity index (χ2v) is 7.34. The molecule has 1 N–H and O–H groups in total. The molecule has 0 fully saturated rings. The number of ether oxygens (including phenoxy) is 1. The van der Waals surface area contributed by atoms with E-state index in [0.29, 0.717) is 27.9 Å². The molecule has 26 heavy (non-hydrogen) atoms. The fourth-order valence-corrected chi connectivity index (χ4v) is 4.36. The molecular formula is C19H16ClN3O2S. The van der Waals surface area contributed by atoms with Gasteiger partial charge in [0.05, 0.1) is 18.5 Å². The Morgan fingerprint density at radius 2 is 2.12 bits per heavy atom. The number of methoxy groups -OCH3 is 1. The lowest BCUT2D eigenvalue weighted by Gasteiger charge is -2.17. The summed E-state index contributed by atoms with van der Waals surface area (Å²) in [6, 6.07) is 13.3. The summed E-state index contributed by atoms with van der Waals surface area (Å²) in [5, 5.41) is 7.88. The molecule has 1 amide bonds. The first kappa shape index (κ1) is 17.0. The number of hydrogen-bond acceptors (Lipinski definition) is 4. The van der Waals surface area contributed by atoms with Gasteiger partial charge in [-0.3, -0.25) is 9.48 Å². The standard InChI is InChI=1S/C19H16ClN3O2S/c1-23-18-12-5-3-4-6-16(12)26-10-13(18)17(22-23)19(24)21-14-9-11(20)7-8-15(14)25-2/h3-9H,10H2,1-2H3,(H,21,24). The highest BCUT2D eigenvalue weighted by atomic mass is 35.5. The third-order valence-corrected chi connectivity index (χ3v) is 5.62. The predicted molar refractivity (Wildman–Crippen MR) is 104 cm³/mol. The number of nitrogens with zero attached hydrogens (tertiary/aromatic N) is 2. The number of hydrogen-bond donors (Lipinski definition) is 1. The summed E-state index contributed by atoms with van der Waals surface area (Å²) in [7, 11) is 3.41. The van der Waals surface area contributed by atoms with Crippen molar-refractivity contribution < 1.29 is 9.53 Å². The number of carbonyl (C=O) groups excluding carboxylic acids is 1. The molecule has 0 radical (unpaired) electrons. The second-order valence-electron chi connectivity index (χ2n) is 5.88. The first-order chi connectivity index (χ1) is 12.6. The molecule has 5 nitrogen and oxygen atoms in total. The van der Waals surface area contributed by atoms with Gasteiger partial charge in [-0.05, 0) is 24.3 Å². The summed E-state index contributed by atoms with van der Waals surface area (Å²) in [4.78, 5) is 14.1. The zero-order valence-corrected chi connectivity index (χ0v) is 15.8. The molecule has 4 rings (SSSR count). The normalized spacial score (nSPS) is 12.3. The molecule has 0 unspecified atom stereocenters. The van der Waals surface area contributed by atoms with Gasteiger partial charge < -0.3 is 10.1 Å². The van der Waals surface area contributed by atoms with Crippen molar-refractivity contribution in [2.75, 3.05) is 12.4 Å². The number of rotatable bonds is 3. The molecule has 0 aliphatic carbocycles. The Bertz CT molecular complexity index is 1020. The molecule has 0 bridgehead atoms. The number of anilines is 1. The molecule has 1 aliphatic heterocycles. The second kappa shape index (κ2) is 6.70. The van der Waals surface area contributed by atoms with Crippen molar-refractivity contribution in [1.82, 2.24) is 9.78 Å². The average molecular weight is 386 g/mol. The van der Waals surface area contributed by atoms with Gasteiger partial charge in [-0.1, -0.05) is 29.8 Å². The number of thioether (sulfide) groups is 1. The highest BCUT2D eigenvalue weighted by Crippen LogP contribution is 2.42. The number of carbonyl (C=O) groups is 1. The number of aromatic nitrogens is 2. The average Bonchev–Trinajstić information content (AvgIpc) is 2.99. The number of benzene rings is 2. The quantitative estimate of drug-likeness (QED) is 0.715. The van der Waals surface area contributed by atoms with E-state index in [9.17, 15) is 4.79 Å². The van der Waals surface area contributed by atoms with Crippen molar-refractivity contribution in [2.24, 2.45) is 7.05 Å². The Kier molecular flexibility index (Phi) is 4.38. The molecule has 2 aromatic carbocycles. The van der Waals surface area contributed by atoms with Crippen LogP contribution in [0.15, 0.2) is 47.4 Å². The van der Waals surface area contributed by atoms with Crippen LogP contribution < -0.4 is 10.1 Å². The van der Waals surface area contributed by atoms with Gasteiger partial charge in [0.25, 0.3) is 5.91 Å². The molecule has 7 heteroatoms. The monoisotopic (exact) mass is 385 g/mol. The molecule has 1 aliphatic rings. The summed E-state index contributed by atoms with van der Waals surface area (Å²) in [6.45, 7) is 0. The molecule has 3 aromatic rings. The Hall–Kier alpha value is -2.44. The van der Waals surface area contributed by atoms with E-state index in [1.165, 1.54) is 4.90 Å². The van der Waals surface area contributed by atoms with E-state index in [2.05, 4.69) is 22.5 Å². The highest BCUT2D eigenvalue weighted by Gasteiger charge is 2.27. The van der Waals surface area contributed by atoms with Crippen LogP contribution in [-0.4, -0.2) is 22.8 Å².